The van der Waals surface area contributed by atoms with E-state index in [1.807, 2.05) is 31.3 Å². The van der Waals surface area contributed by atoms with Crippen molar-refractivity contribution in [3.63, 3.8) is 0 Å². The molecular formula is C19H20F2N2O3. The normalized spacial score (nSPS) is 11.6. The van der Waals surface area contributed by atoms with Gasteiger partial charge in [0.2, 0.25) is 0 Å². The molecule has 1 unspecified atom stereocenters. The van der Waals surface area contributed by atoms with E-state index >= 15 is 0 Å². The van der Waals surface area contributed by atoms with Gasteiger partial charge in [-0.2, -0.15) is 0 Å². The zero-order valence-electron chi connectivity index (χ0n) is 14.7. The Hall–Kier alpha value is -2.96. The van der Waals surface area contributed by atoms with Gasteiger partial charge in [0.1, 0.15) is 23.1 Å². The highest BCUT2D eigenvalue weighted by Crippen LogP contribution is 2.26. The van der Waals surface area contributed by atoms with Crippen LogP contribution in [0.1, 0.15) is 31.0 Å². The number of anilines is 1. The van der Waals surface area contributed by atoms with Crippen molar-refractivity contribution in [2.24, 2.45) is 0 Å². The zero-order valence-corrected chi connectivity index (χ0v) is 14.7. The van der Waals surface area contributed by atoms with Gasteiger partial charge in [-0.05, 0) is 39.0 Å². The molecular weight excluding hydrogens is 342 g/mol. The van der Waals surface area contributed by atoms with E-state index in [1.54, 1.807) is 13.0 Å². The van der Waals surface area contributed by atoms with Crippen molar-refractivity contribution in [2.45, 2.75) is 26.8 Å². The lowest BCUT2D eigenvalue weighted by Crippen LogP contribution is -2.37. The fourth-order valence-electron chi connectivity index (χ4n) is 2.42. The van der Waals surface area contributed by atoms with Gasteiger partial charge >= 0.3 is 11.8 Å². The summed E-state index contributed by atoms with van der Waals surface area (Å²) in [5.74, 6) is -3.50. The smallest absolute Gasteiger partial charge is 0.313 e. The number of carbonyl (C=O) groups is 2. The number of rotatable bonds is 5. The first-order valence-corrected chi connectivity index (χ1v) is 8.12. The molecule has 0 fully saturated rings. The van der Waals surface area contributed by atoms with Crippen molar-refractivity contribution in [1.29, 1.82) is 0 Å². The maximum Gasteiger partial charge on any atom is 0.313 e. The van der Waals surface area contributed by atoms with Crippen LogP contribution in [0.4, 0.5) is 14.5 Å². The molecule has 0 heterocycles. The van der Waals surface area contributed by atoms with Crippen molar-refractivity contribution < 1.29 is 23.1 Å². The van der Waals surface area contributed by atoms with Gasteiger partial charge in [0.05, 0.1) is 12.6 Å². The Kier molecular flexibility index (Phi) is 6.27. The van der Waals surface area contributed by atoms with Crippen molar-refractivity contribution in [3.05, 3.63) is 59.2 Å². The third-order valence-electron chi connectivity index (χ3n) is 3.69. The number of aryl methyl sites for hydroxylation is 1. The van der Waals surface area contributed by atoms with Crippen molar-refractivity contribution in [3.8, 4) is 5.75 Å². The van der Waals surface area contributed by atoms with E-state index in [0.717, 1.165) is 23.8 Å². The number of hydrogen-bond donors (Lipinski definition) is 2. The quantitative estimate of drug-likeness (QED) is 0.800. The monoisotopic (exact) mass is 362 g/mol. The molecule has 2 aromatic carbocycles. The van der Waals surface area contributed by atoms with Crippen LogP contribution in [0.15, 0.2) is 36.4 Å². The minimum atomic E-state index is -1.16. The highest BCUT2D eigenvalue weighted by atomic mass is 19.1. The fraction of sp³-hybridized carbons (Fsp3) is 0.263. The van der Waals surface area contributed by atoms with Gasteiger partial charge in [0, 0.05) is 5.56 Å². The van der Waals surface area contributed by atoms with Gasteiger partial charge in [-0.1, -0.05) is 23.8 Å². The van der Waals surface area contributed by atoms with Gasteiger partial charge in [0.15, 0.2) is 0 Å². The highest BCUT2D eigenvalue weighted by molar-refractivity contribution is 6.39. The summed E-state index contributed by atoms with van der Waals surface area (Å²) in [5, 5.41) is 4.46. The Labute approximate surface area is 150 Å². The second-order valence-corrected chi connectivity index (χ2v) is 5.72. The average Bonchev–Trinajstić information content (AvgIpc) is 2.59. The lowest BCUT2D eigenvalue weighted by atomic mass is 10.0. The SMILES string of the molecule is CCOc1ccc(C)cc1C(C)NC(=O)C(=O)Nc1c(F)cccc1F. The van der Waals surface area contributed by atoms with E-state index in [1.165, 1.54) is 0 Å². The van der Waals surface area contributed by atoms with Gasteiger partial charge in [0.25, 0.3) is 0 Å². The van der Waals surface area contributed by atoms with E-state index in [9.17, 15) is 18.4 Å². The van der Waals surface area contributed by atoms with Crippen molar-refractivity contribution in [2.75, 3.05) is 11.9 Å². The molecule has 26 heavy (non-hydrogen) atoms. The molecule has 7 heteroatoms. The molecule has 138 valence electrons. The Morgan fingerprint density at radius 2 is 1.77 bits per heavy atom. The zero-order chi connectivity index (χ0) is 19.3. The molecule has 1 atom stereocenters. The molecule has 0 saturated heterocycles. The van der Waals surface area contributed by atoms with Gasteiger partial charge in [-0.3, -0.25) is 9.59 Å². The topological polar surface area (TPSA) is 67.4 Å². The number of para-hydroxylation sites is 1. The van der Waals surface area contributed by atoms with Crippen molar-refractivity contribution in [1.82, 2.24) is 5.32 Å². The summed E-state index contributed by atoms with van der Waals surface area (Å²) in [4.78, 5) is 24.1. The van der Waals surface area contributed by atoms with Crippen LogP contribution in [-0.2, 0) is 9.59 Å². The van der Waals surface area contributed by atoms with Crippen LogP contribution in [0.5, 0.6) is 5.75 Å². The Morgan fingerprint density at radius 1 is 1.12 bits per heavy atom. The number of amides is 2. The Balaban J connectivity index is 2.12. The number of halogens is 2. The maximum absolute atomic E-state index is 13.6. The van der Waals surface area contributed by atoms with E-state index in [2.05, 4.69) is 5.32 Å². The van der Waals surface area contributed by atoms with Gasteiger partial charge in [-0.25, -0.2) is 8.78 Å². The lowest BCUT2D eigenvalue weighted by Gasteiger charge is -2.18. The molecule has 0 spiro atoms. The Bertz CT molecular complexity index is 804. The van der Waals surface area contributed by atoms with Crippen LogP contribution in [0.25, 0.3) is 0 Å². The highest BCUT2D eigenvalue weighted by Gasteiger charge is 2.21. The molecule has 2 amide bonds. The van der Waals surface area contributed by atoms with E-state index in [4.69, 9.17) is 4.74 Å². The molecule has 0 aliphatic carbocycles. The van der Waals surface area contributed by atoms with Crippen molar-refractivity contribution >= 4 is 17.5 Å². The number of ether oxygens (including phenoxy) is 1. The number of benzene rings is 2. The first-order valence-electron chi connectivity index (χ1n) is 8.12. The fourth-order valence-corrected chi connectivity index (χ4v) is 2.42. The summed E-state index contributed by atoms with van der Waals surface area (Å²) in [6.07, 6.45) is 0. The summed E-state index contributed by atoms with van der Waals surface area (Å²) < 4.78 is 32.7. The third-order valence-corrected chi connectivity index (χ3v) is 3.69. The summed E-state index contributed by atoms with van der Waals surface area (Å²) >= 11 is 0. The maximum atomic E-state index is 13.6. The van der Waals surface area contributed by atoms with Crippen LogP contribution in [0, 0.1) is 18.6 Å². The molecule has 0 saturated carbocycles. The average molecular weight is 362 g/mol. The molecule has 2 N–H and O–H groups in total. The predicted molar refractivity (Wildman–Crippen MR) is 93.9 cm³/mol. The van der Waals surface area contributed by atoms with Gasteiger partial charge < -0.3 is 15.4 Å². The Morgan fingerprint density at radius 3 is 2.38 bits per heavy atom. The lowest BCUT2D eigenvalue weighted by molar-refractivity contribution is -0.136. The number of carbonyl (C=O) groups excluding carboxylic acids is 2. The molecule has 0 radical (unpaired) electrons. The summed E-state index contributed by atoms with van der Waals surface area (Å²) in [6.45, 7) is 5.86. The molecule has 0 aromatic heterocycles. The van der Waals surface area contributed by atoms with Crippen LogP contribution in [0.3, 0.4) is 0 Å². The van der Waals surface area contributed by atoms with E-state index < -0.39 is 35.2 Å². The minimum Gasteiger partial charge on any atom is -0.494 e. The summed E-state index contributed by atoms with van der Waals surface area (Å²) in [6, 6.07) is 8.09. The number of nitrogens with one attached hydrogen (secondary N) is 2. The summed E-state index contributed by atoms with van der Waals surface area (Å²) in [7, 11) is 0. The molecule has 0 aliphatic heterocycles. The van der Waals surface area contributed by atoms with E-state index in [-0.39, 0.29) is 0 Å². The second-order valence-electron chi connectivity index (χ2n) is 5.72. The van der Waals surface area contributed by atoms with E-state index in [0.29, 0.717) is 17.9 Å². The largest absolute Gasteiger partial charge is 0.494 e. The molecule has 2 rings (SSSR count). The number of hydrogen-bond acceptors (Lipinski definition) is 3. The molecule has 0 aliphatic rings. The molecule has 0 bridgehead atoms. The third kappa shape index (κ3) is 4.56. The minimum absolute atomic E-state index is 0.448. The van der Waals surface area contributed by atoms with Crippen LogP contribution in [0.2, 0.25) is 0 Å². The van der Waals surface area contributed by atoms with Crippen LogP contribution >= 0.6 is 0 Å². The van der Waals surface area contributed by atoms with Gasteiger partial charge in [-0.15, -0.1) is 0 Å². The summed E-state index contributed by atoms with van der Waals surface area (Å²) in [5.41, 5.74) is 0.998. The second kappa shape index (κ2) is 8.42. The van der Waals surface area contributed by atoms with Crippen LogP contribution < -0.4 is 15.4 Å². The first kappa shape index (κ1) is 19.4. The predicted octanol–water partition coefficient (Wildman–Crippen LogP) is 3.49. The first-order chi connectivity index (χ1) is 12.3. The standard InChI is InChI=1S/C19H20F2N2O3/c1-4-26-16-9-8-11(2)10-13(16)12(3)22-18(24)19(25)23-17-14(20)6-5-7-15(17)21/h5-10,12H,4H2,1-3H3,(H,22,24)(H,23,25). The van der Waals surface area contributed by atoms with Crippen LogP contribution in [-0.4, -0.2) is 18.4 Å². The molecule has 2 aromatic rings. The molecule has 5 nitrogen and oxygen atoms in total.